The van der Waals surface area contributed by atoms with E-state index in [-0.39, 0.29) is 0 Å². The van der Waals surface area contributed by atoms with E-state index >= 15 is 0 Å². The number of halogens is 4. The Bertz CT molecular complexity index is 430. The first-order valence-corrected chi connectivity index (χ1v) is 3.79. The van der Waals surface area contributed by atoms with E-state index in [4.69, 9.17) is 10.8 Å². The fourth-order valence-corrected chi connectivity index (χ4v) is 0.979. The predicted octanol–water partition coefficient (Wildman–Crippen LogP) is 2.00. The zero-order valence-corrected chi connectivity index (χ0v) is 7.51. The summed E-state index contributed by atoms with van der Waals surface area (Å²) in [4.78, 5) is 10.5. The van der Waals surface area contributed by atoms with Crippen molar-refractivity contribution in [1.82, 2.24) is 0 Å². The smallest absolute Gasteiger partial charge is 0.478 e. The Hall–Kier alpha value is -1.99. The number of carbonyl (C=O) groups is 1. The van der Waals surface area contributed by atoms with Gasteiger partial charge in [-0.3, -0.25) is 0 Å². The number of alkyl halides is 3. The molecule has 0 aromatic heterocycles. The number of ether oxygens (including phenoxy) is 1. The Kier molecular flexibility index (Phi) is 2.92. The first kappa shape index (κ1) is 12.1. The number of carboxylic acids is 1. The summed E-state index contributed by atoms with van der Waals surface area (Å²) < 4.78 is 51.7. The van der Waals surface area contributed by atoms with Gasteiger partial charge in [0.05, 0.1) is 11.3 Å². The maximum Gasteiger partial charge on any atom is 0.573 e. The van der Waals surface area contributed by atoms with Crippen LogP contribution in [0.15, 0.2) is 12.1 Å². The van der Waals surface area contributed by atoms with Gasteiger partial charge in [-0.25, -0.2) is 9.18 Å². The highest BCUT2D eigenvalue weighted by Gasteiger charge is 2.33. The molecule has 0 spiro atoms. The van der Waals surface area contributed by atoms with Gasteiger partial charge < -0.3 is 15.6 Å². The van der Waals surface area contributed by atoms with Gasteiger partial charge in [-0.1, -0.05) is 0 Å². The van der Waals surface area contributed by atoms with Gasteiger partial charge in [-0.15, -0.1) is 13.2 Å². The van der Waals surface area contributed by atoms with Crippen molar-refractivity contribution in [3.63, 3.8) is 0 Å². The van der Waals surface area contributed by atoms with Crippen molar-refractivity contribution < 1.29 is 32.2 Å². The number of aromatic carboxylic acids is 1. The molecule has 1 aromatic carbocycles. The fourth-order valence-electron chi connectivity index (χ4n) is 0.979. The summed E-state index contributed by atoms with van der Waals surface area (Å²) in [6.45, 7) is 0. The molecule has 0 aliphatic carbocycles. The van der Waals surface area contributed by atoms with Crippen LogP contribution in [0, 0.1) is 5.82 Å². The molecule has 88 valence electrons. The van der Waals surface area contributed by atoms with Crippen molar-refractivity contribution in [3.8, 4) is 5.75 Å². The summed E-state index contributed by atoms with van der Waals surface area (Å²) >= 11 is 0. The van der Waals surface area contributed by atoms with Crippen LogP contribution in [-0.2, 0) is 0 Å². The summed E-state index contributed by atoms with van der Waals surface area (Å²) in [5.41, 5.74) is 3.51. The minimum absolute atomic E-state index is 0.356. The van der Waals surface area contributed by atoms with Gasteiger partial charge in [0.2, 0.25) is 0 Å². The van der Waals surface area contributed by atoms with E-state index in [1.807, 2.05) is 0 Å². The number of nitrogens with two attached hydrogens (primary N) is 1. The molecule has 3 N–H and O–H groups in total. The van der Waals surface area contributed by atoms with Crippen molar-refractivity contribution in [1.29, 1.82) is 0 Å². The highest BCUT2D eigenvalue weighted by atomic mass is 19.4. The van der Waals surface area contributed by atoms with Crippen molar-refractivity contribution in [2.24, 2.45) is 0 Å². The maximum atomic E-state index is 12.8. The minimum Gasteiger partial charge on any atom is -0.478 e. The van der Waals surface area contributed by atoms with Crippen LogP contribution in [0.5, 0.6) is 5.75 Å². The molecular weight excluding hydrogens is 234 g/mol. The molecule has 0 saturated heterocycles. The number of anilines is 1. The molecule has 8 heteroatoms. The van der Waals surface area contributed by atoms with Crippen LogP contribution >= 0.6 is 0 Å². The minimum atomic E-state index is -5.07. The number of rotatable bonds is 2. The molecule has 0 bridgehead atoms. The molecule has 0 amide bonds. The molecule has 0 heterocycles. The third kappa shape index (κ3) is 2.75. The number of benzene rings is 1. The van der Waals surface area contributed by atoms with E-state index in [1.54, 1.807) is 0 Å². The van der Waals surface area contributed by atoms with E-state index in [0.29, 0.717) is 12.1 Å². The number of hydrogen-bond acceptors (Lipinski definition) is 3. The molecule has 0 atom stereocenters. The van der Waals surface area contributed by atoms with Gasteiger partial charge in [0.15, 0.2) is 5.75 Å². The van der Waals surface area contributed by atoms with Gasteiger partial charge in [0.25, 0.3) is 0 Å². The number of hydrogen-bond donors (Lipinski definition) is 2. The van der Waals surface area contributed by atoms with Crippen LogP contribution in [0.1, 0.15) is 10.4 Å². The van der Waals surface area contributed by atoms with Crippen LogP contribution < -0.4 is 10.5 Å². The highest BCUT2D eigenvalue weighted by Crippen LogP contribution is 2.31. The lowest BCUT2D eigenvalue weighted by Gasteiger charge is -2.12. The maximum absolute atomic E-state index is 12.8. The summed E-state index contributed by atoms with van der Waals surface area (Å²) in [5, 5.41) is 8.53. The van der Waals surface area contributed by atoms with E-state index in [9.17, 15) is 22.4 Å². The van der Waals surface area contributed by atoms with Crippen LogP contribution in [0.3, 0.4) is 0 Å². The van der Waals surface area contributed by atoms with Crippen LogP contribution in [-0.4, -0.2) is 17.4 Å². The quantitative estimate of drug-likeness (QED) is 0.611. The Morgan fingerprint density at radius 2 is 1.94 bits per heavy atom. The summed E-state index contributed by atoms with van der Waals surface area (Å²) in [5.74, 6) is -3.92. The molecule has 1 rings (SSSR count). The van der Waals surface area contributed by atoms with Crippen LogP contribution in [0.25, 0.3) is 0 Å². The topological polar surface area (TPSA) is 72.5 Å². The van der Waals surface area contributed by atoms with Gasteiger partial charge >= 0.3 is 12.3 Å². The Labute approximate surface area is 86.2 Å². The fraction of sp³-hybridized carbons (Fsp3) is 0.125. The zero-order chi connectivity index (χ0) is 12.5. The number of nitrogen functional groups attached to an aromatic ring is 1. The van der Waals surface area contributed by atoms with Gasteiger partial charge in [0, 0.05) is 6.07 Å². The van der Waals surface area contributed by atoms with Crippen molar-refractivity contribution in [2.45, 2.75) is 6.36 Å². The summed E-state index contributed by atoms with van der Waals surface area (Å²) in [6, 6.07) is 0.857. The molecule has 0 radical (unpaired) electrons. The van der Waals surface area contributed by atoms with Crippen molar-refractivity contribution in [2.75, 3.05) is 5.73 Å². The first-order chi connectivity index (χ1) is 7.20. The molecular formula is C8H5F4NO3. The molecule has 4 nitrogen and oxygen atoms in total. The monoisotopic (exact) mass is 239 g/mol. The van der Waals surface area contributed by atoms with Crippen LogP contribution in [0.2, 0.25) is 0 Å². The molecule has 0 fully saturated rings. The molecule has 0 saturated carbocycles. The second kappa shape index (κ2) is 3.87. The standard InChI is InChI=1S/C8H5F4NO3/c9-3-1-4(7(14)15)6(13)5(2-3)16-8(10,11)12/h1-2H,13H2,(H,14,15). The highest BCUT2D eigenvalue weighted by molar-refractivity contribution is 5.95. The van der Waals surface area contributed by atoms with E-state index < -0.39 is 35.1 Å². The number of carboxylic acid groups (broad SMARTS) is 1. The molecule has 16 heavy (non-hydrogen) atoms. The Morgan fingerprint density at radius 1 is 1.38 bits per heavy atom. The summed E-state index contributed by atoms with van der Waals surface area (Å²) in [6.07, 6.45) is -5.07. The Morgan fingerprint density at radius 3 is 2.38 bits per heavy atom. The molecule has 0 aliphatic rings. The van der Waals surface area contributed by atoms with E-state index in [0.717, 1.165) is 0 Å². The average Bonchev–Trinajstić information content (AvgIpc) is 2.07. The second-order valence-corrected chi connectivity index (χ2v) is 2.72. The lowest BCUT2D eigenvalue weighted by atomic mass is 10.1. The lowest BCUT2D eigenvalue weighted by Crippen LogP contribution is -2.19. The van der Waals surface area contributed by atoms with E-state index in [1.165, 1.54) is 0 Å². The van der Waals surface area contributed by atoms with Gasteiger partial charge in [-0.2, -0.15) is 0 Å². The van der Waals surface area contributed by atoms with Gasteiger partial charge in [-0.05, 0) is 6.07 Å². The van der Waals surface area contributed by atoms with Crippen molar-refractivity contribution >= 4 is 11.7 Å². The Balaban J connectivity index is 3.25. The predicted molar refractivity (Wildman–Crippen MR) is 44.5 cm³/mol. The lowest BCUT2D eigenvalue weighted by molar-refractivity contribution is -0.274. The zero-order valence-electron chi connectivity index (χ0n) is 7.51. The molecule has 0 aliphatic heterocycles. The summed E-state index contributed by atoms with van der Waals surface area (Å²) in [7, 11) is 0. The SMILES string of the molecule is Nc1c(OC(F)(F)F)cc(F)cc1C(=O)O. The van der Waals surface area contributed by atoms with Crippen molar-refractivity contribution in [3.05, 3.63) is 23.5 Å². The third-order valence-electron chi connectivity index (χ3n) is 1.56. The molecule has 1 aromatic rings. The van der Waals surface area contributed by atoms with E-state index in [2.05, 4.69) is 4.74 Å². The van der Waals surface area contributed by atoms with Crippen LogP contribution in [0.4, 0.5) is 23.2 Å². The first-order valence-electron chi connectivity index (χ1n) is 3.79. The molecule has 0 unspecified atom stereocenters. The largest absolute Gasteiger partial charge is 0.573 e. The normalized spacial score (nSPS) is 11.2. The average molecular weight is 239 g/mol. The third-order valence-corrected chi connectivity index (χ3v) is 1.56. The van der Waals surface area contributed by atoms with Gasteiger partial charge in [0.1, 0.15) is 5.82 Å². The second-order valence-electron chi connectivity index (χ2n) is 2.72.